The van der Waals surface area contributed by atoms with Gasteiger partial charge in [-0.1, -0.05) is 11.6 Å². The minimum Gasteiger partial charge on any atom is -0.368 e. The highest BCUT2D eigenvalue weighted by Crippen LogP contribution is 2.10. The summed E-state index contributed by atoms with van der Waals surface area (Å²) < 4.78 is 1.45. The number of halogens is 1. The second-order valence-corrected chi connectivity index (χ2v) is 2.63. The third-order valence-corrected chi connectivity index (χ3v) is 1.55. The van der Waals surface area contributed by atoms with Crippen LogP contribution in [0, 0.1) is 0 Å². The maximum absolute atomic E-state index is 5.67. The SMILES string of the molecule is Nc1nc(Cl)cc(-n2cncn2)n1. The van der Waals surface area contributed by atoms with Gasteiger partial charge in [0.2, 0.25) is 5.95 Å². The van der Waals surface area contributed by atoms with Crippen LogP contribution in [0.1, 0.15) is 0 Å². The third-order valence-electron chi connectivity index (χ3n) is 1.35. The van der Waals surface area contributed by atoms with Crippen LogP contribution in [0.25, 0.3) is 5.82 Å². The summed E-state index contributed by atoms with van der Waals surface area (Å²) >= 11 is 5.67. The molecule has 2 aromatic heterocycles. The van der Waals surface area contributed by atoms with Gasteiger partial charge in [0, 0.05) is 6.07 Å². The van der Waals surface area contributed by atoms with Gasteiger partial charge in [-0.05, 0) is 0 Å². The Hall–Kier alpha value is -1.69. The lowest BCUT2D eigenvalue weighted by molar-refractivity contribution is 0.841. The number of rotatable bonds is 1. The number of anilines is 1. The van der Waals surface area contributed by atoms with Gasteiger partial charge in [-0.3, -0.25) is 0 Å². The van der Waals surface area contributed by atoms with E-state index in [4.69, 9.17) is 17.3 Å². The summed E-state index contributed by atoms with van der Waals surface area (Å²) in [5.74, 6) is 0.605. The first-order valence-corrected chi connectivity index (χ1v) is 3.78. The van der Waals surface area contributed by atoms with Crippen LogP contribution in [0.4, 0.5) is 5.95 Å². The summed E-state index contributed by atoms with van der Waals surface area (Å²) in [6.45, 7) is 0. The van der Waals surface area contributed by atoms with Crippen LogP contribution in [-0.2, 0) is 0 Å². The Bertz CT molecular complexity index is 391. The zero-order valence-electron chi connectivity index (χ0n) is 6.42. The molecule has 0 aliphatic rings. The lowest BCUT2D eigenvalue weighted by atomic mass is 10.6. The van der Waals surface area contributed by atoms with E-state index in [1.54, 1.807) is 6.07 Å². The van der Waals surface area contributed by atoms with Gasteiger partial charge >= 0.3 is 0 Å². The fourth-order valence-corrected chi connectivity index (χ4v) is 1.05. The maximum atomic E-state index is 5.67. The van der Waals surface area contributed by atoms with Crippen molar-refractivity contribution in [1.29, 1.82) is 0 Å². The van der Waals surface area contributed by atoms with Crippen LogP contribution in [0.5, 0.6) is 0 Å². The minimum absolute atomic E-state index is 0.109. The molecule has 2 heterocycles. The predicted octanol–water partition coefficient (Wildman–Crippen LogP) is 0.293. The van der Waals surface area contributed by atoms with E-state index in [2.05, 4.69) is 20.1 Å². The molecule has 0 radical (unpaired) electrons. The smallest absolute Gasteiger partial charge is 0.223 e. The van der Waals surface area contributed by atoms with E-state index in [1.807, 2.05) is 0 Å². The molecule has 0 atom stereocenters. The van der Waals surface area contributed by atoms with Crippen molar-refractivity contribution in [3.8, 4) is 5.82 Å². The summed E-state index contributed by atoms with van der Waals surface area (Å²) in [7, 11) is 0. The molecule has 0 fully saturated rings. The van der Waals surface area contributed by atoms with Gasteiger partial charge in [0.25, 0.3) is 0 Å². The molecule has 2 rings (SSSR count). The number of nitrogen functional groups attached to an aromatic ring is 1. The first-order valence-electron chi connectivity index (χ1n) is 3.41. The fraction of sp³-hybridized carbons (Fsp3) is 0. The van der Waals surface area contributed by atoms with Crippen LogP contribution < -0.4 is 5.73 Å². The molecule has 0 saturated carbocycles. The topological polar surface area (TPSA) is 82.5 Å². The van der Waals surface area contributed by atoms with Crippen molar-refractivity contribution in [3.63, 3.8) is 0 Å². The summed E-state index contributed by atoms with van der Waals surface area (Å²) in [6, 6.07) is 1.55. The van der Waals surface area contributed by atoms with Crippen molar-refractivity contribution in [1.82, 2.24) is 24.7 Å². The van der Waals surface area contributed by atoms with E-state index >= 15 is 0 Å². The highest BCUT2D eigenvalue weighted by Gasteiger charge is 2.02. The molecule has 2 N–H and O–H groups in total. The van der Waals surface area contributed by atoms with Crippen molar-refractivity contribution in [2.75, 3.05) is 5.73 Å². The molecule has 0 aliphatic carbocycles. The van der Waals surface area contributed by atoms with Gasteiger partial charge in [0.05, 0.1) is 0 Å². The molecular weight excluding hydrogens is 192 g/mol. The van der Waals surface area contributed by atoms with Gasteiger partial charge in [0.1, 0.15) is 17.8 Å². The van der Waals surface area contributed by atoms with Crippen LogP contribution in [0.2, 0.25) is 5.15 Å². The predicted molar refractivity (Wildman–Crippen MR) is 46.4 cm³/mol. The Morgan fingerprint density at radius 2 is 2.23 bits per heavy atom. The molecular formula is C6H5ClN6. The highest BCUT2D eigenvalue weighted by atomic mass is 35.5. The Morgan fingerprint density at radius 1 is 1.38 bits per heavy atom. The van der Waals surface area contributed by atoms with E-state index in [0.717, 1.165) is 0 Å². The zero-order valence-corrected chi connectivity index (χ0v) is 7.18. The van der Waals surface area contributed by atoms with Crippen molar-refractivity contribution < 1.29 is 0 Å². The normalized spacial score (nSPS) is 10.2. The third kappa shape index (κ3) is 1.57. The number of nitrogens with two attached hydrogens (primary N) is 1. The lowest BCUT2D eigenvalue weighted by Crippen LogP contribution is -2.02. The molecule has 6 nitrogen and oxygen atoms in total. The Morgan fingerprint density at radius 3 is 2.85 bits per heavy atom. The second kappa shape index (κ2) is 2.98. The molecule has 0 bridgehead atoms. The lowest BCUT2D eigenvalue weighted by Gasteiger charge is -1.99. The van der Waals surface area contributed by atoms with Gasteiger partial charge in [-0.2, -0.15) is 10.1 Å². The standard InChI is InChI=1S/C6H5ClN6/c7-4-1-5(12-6(8)11-4)13-3-9-2-10-13/h1-3H,(H2,8,11,12). The Labute approximate surface area is 78.4 Å². The molecule has 0 spiro atoms. The fourth-order valence-electron chi connectivity index (χ4n) is 0.867. The molecule has 13 heavy (non-hydrogen) atoms. The molecule has 2 aromatic rings. The van der Waals surface area contributed by atoms with Crippen molar-refractivity contribution in [2.24, 2.45) is 0 Å². The van der Waals surface area contributed by atoms with Crippen LogP contribution in [-0.4, -0.2) is 24.7 Å². The van der Waals surface area contributed by atoms with E-state index in [1.165, 1.54) is 17.3 Å². The average molecular weight is 197 g/mol. The first kappa shape index (κ1) is 7.93. The van der Waals surface area contributed by atoms with Crippen molar-refractivity contribution in [2.45, 2.75) is 0 Å². The molecule has 0 aromatic carbocycles. The van der Waals surface area contributed by atoms with Crippen LogP contribution in [0.3, 0.4) is 0 Å². The zero-order chi connectivity index (χ0) is 9.26. The minimum atomic E-state index is 0.109. The molecule has 0 aliphatic heterocycles. The number of nitrogens with zero attached hydrogens (tertiary/aromatic N) is 5. The van der Waals surface area contributed by atoms with Crippen molar-refractivity contribution >= 4 is 17.5 Å². The van der Waals surface area contributed by atoms with Crippen LogP contribution in [0.15, 0.2) is 18.7 Å². The van der Waals surface area contributed by atoms with Gasteiger partial charge in [-0.15, -0.1) is 0 Å². The number of aromatic nitrogens is 5. The summed E-state index contributed by atoms with van der Waals surface area (Å²) in [5.41, 5.74) is 5.40. The molecule has 0 saturated heterocycles. The quantitative estimate of drug-likeness (QED) is 0.663. The van der Waals surface area contributed by atoms with E-state index in [0.29, 0.717) is 5.82 Å². The Balaban J connectivity index is 2.53. The van der Waals surface area contributed by atoms with Crippen LogP contribution >= 0.6 is 11.6 Å². The Kier molecular flexibility index (Phi) is 1.82. The van der Waals surface area contributed by atoms with E-state index in [-0.39, 0.29) is 11.1 Å². The molecule has 0 unspecified atom stereocenters. The average Bonchev–Trinajstić information content (AvgIpc) is 2.53. The second-order valence-electron chi connectivity index (χ2n) is 2.25. The monoisotopic (exact) mass is 196 g/mol. The molecule has 7 heteroatoms. The van der Waals surface area contributed by atoms with Gasteiger partial charge in [0.15, 0.2) is 5.82 Å². The molecule has 66 valence electrons. The number of hydrogen-bond acceptors (Lipinski definition) is 5. The highest BCUT2D eigenvalue weighted by molar-refractivity contribution is 6.29. The van der Waals surface area contributed by atoms with E-state index in [9.17, 15) is 0 Å². The number of hydrogen-bond donors (Lipinski definition) is 1. The van der Waals surface area contributed by atoms with Gasteiger partial charge < -0.3 is 5.73 Å². The largest absolute Gasteiger partial charge is 0.368 e. The maximum Gasteiger partial charge on any atom is 0.223 e. The summed E-state index contributed by atoms with van der Waals surface area (Å²) in [4.78, 5) is 11.4. The molecule has 0 amide bonds. The van der Waals surface area contributed by atoms with E-state index < -0.39 is 0 Å². The summed E-state index contributed by atoms with van der Waals surface area (Å²) in [5, 5.41) is 4.15. The van der Waals surface area contributed by atoms with Gasteiger partial charge in [-0.25, -0.2) is 14.6 Å². The van der Waals surface area contributed by atoms with Crippen molar-refractivity contribution in [3.05, 3.63) is 23.9 Å². The summed E-state index contributed by atoms with van der Waals surface area (Å²) in [6.07, 6.45) is 2.89. The first-order chi connectivity index (χ1) is 6.25.